The van der Waals surface area contributed by atoms with Gasteiger partial charge in [0.15, 0.2) is 0 Å². The van der Waals surface area contributed by atoms with Crippen molar-refractivity contribution in [1.29, 1.82) is 0 Å². The lowest BCUT2D eigenvalue weighted by Gasteiger charge is -2.12. The summed E-state index contributed by atoms with van der Waals surface area (Å²) in [5.74, 6) is 0. The molecule has 0 aliphatic carbocycles. The smallest absolute Gasteiger partial charge is 0.0314 e. The zero-order valence-electron chi connectivity index (χ0n) is 33.9. The van der Waals surface area contributed by atoms with E-state index in [1.165, 1.54) is 170 Å². The summed E-state index contributed by atoms with van der Waals surface area (Å²) in [5, 5.41) is 0. The Labute approximate surface area is 325 Å². The van der Waals surface area contributed by atoms with Gasteiger partial charge >= 0.3 is 0 Å². The highest BCUT2D eigenvalue weighted by atomic mass is 14.5. The molecule has 4 aromatic carbocycles. The van der Waals surface area contributed by atoms with Crippen molar-refractivity contribution in [2.75, 3.05) is 11.5 Å². The second-order valence-electron chi connectivity index (χ2n) is 16.1. The van der Waals surface area contributed by atoms with Crippen molar-refractivity contribution in [2.45, 2.75) is 174 Å². The molecule has 0 saturated carbocycles. The first-order chi connectivity index (χ1) is 26.0. The second-order valence-corrected chi connectivity index (χ2v) is 16.1. The van der Waals surface area contributed by atoms with Crippen LogP contribution in [0.5, 0.6) is 0 Å². The van der Waals surface area contributed by atoms with Gasteiger partial charge in [0.05, 0.1) is 0 Å². The van der Waals surface area contributed by atoms with Crippen molar-refractivity contribution in [3.63, 3.8) is 0 Å². The van der Waals surface area contributed by atoms with Crippen LogP contribution in [0.15, 0.2) is 84.9 Å². The molecule has 0 aliphatic rings. The summed E-state index contributed by atoms with van der Waals surface area (Å²) in [5.41, 5.74) is 25.2. The lowest BCUT2D eigenvalue weighted by molar-refractivity contribution is 0.525. The molecule has 0 aromatic heterocycles. The Morgan fingerprint density at radius 2 is 0.585 bits per heavy atom. The number of rotatable bonds is 28. The highest BCUT2D eigenvalue weighted by Crippen LogP contribution is 2.23. The maximum atomic E-state index is 5.87. The van der Waals surface area contributed by atoms with Gasteiger partial charge in [-0.2, -0.15) is 0 Å². The van der Waals surface area contributed by atoms with Crippen molar-refractivity contribution in [3.8, 4) is 0 Å². The predicted octanol–water partition coefficient (Wildman–Crippen LogP) is 14.4. The lowest BCUT2D eigenvalue weighted by Crippen LogP contribution is -1.98. The van der Waals surface area contributed by atoms with E-state index in [4.69, 9.17) is 11.5 Å². The van der Waals surface area contributed by atoms with Gasteiger partial charge in [-0.15, -0.1) is 0 Å². The molecule has 0 spiro atoms. The minimum absolute atomic E-state index is 0.840. The van der Waals surface area contributed by atoms with Gasteiger partial charge in [-0.1, -0.05) is 184 Å². The summed E-state index contributed by atoms with van der Waals surface area (Å²) < 4.78 is 0. The van der Waals surface area contributed by atoms with Crippen LogP contribution in [0, 0.1) is 0 Å². The number of hydrogen-bond acceptors (Lipinski definition) is 2. The van der Waals surface area contributed by atoms with E-state index in [9.17, 15) is 0 Å². The van der Waals surface area contributed by atoms with Crippen molar-refractivity contribution in [2.24, 2.45) is 0 Å². The van der Waals surface area contributed by atoms with Crippen molar-refractivity contribution in [3.05, 3.63) is 129 Å². The Bertz CT molecular complexity index is 1420. The molecule has 0 fully saturated rings. The molecule has 0 radical (unpaired) electrons. The van der Waals surface area contributed by atoms with Gasteiger partial charge < -0.3 is 11.5 Å². The first kappa shape index (κ1) is 42.2. The molecule has 2 heteroatoms. The largest absolute Gasteiger partial charge is 0.399 e. The van der Waals surface area contributed by atoms with Crippen molar-refractivity contribution in [1.82, 2.24) is 0 Å². The van der Waals surface area contributed by atoms with Gasteiger partial charge in [-0.25, -0.2) is 0 Å². The van der Waals surface area contributed by atoms with Crippen LogP contribution in [-0.2, 0) is 38.5 Å². The summed E-state index contributed by atoms with van der Waals surface area (Å²) in [6, 6.07) is 31.1. The Hall–Kier alpha value is -3.52. The van der Waals surface area contributed by atoms with Gasteiger partial charge in [0.2, 0.25) is 0 Å². The zero-order chi connectivity index (χ0) is 37.4. The monoisotopic (exact) mass is 715 g/mol. The molecule has 0 aliphatic heterocycles. The molecular formula is C51H74N2. The van der Waals surface area contributed by atoms with E-state index in [-0.39, 0.29) is 0 Å². The summed E-state index contributed by atoms with van der Waals surface area (Å²) in [7, 11) is 0. The van der Waals surface area contributed by atoms with Crippen LogP contribution in [-0.4, -0.2) is 0 Å². The number of aryl methyl sites for hydroxylation is 4. The Morgan fingerprint density at radius 1 is 0.302 bits per heavy atom. The summed E-state index contributed by atoms with van der Waals surface area (Å²) in [6.45, 7) is 4.60. The number of anilines is 2. The van der Waals surface area contributed by atoms with Crippen LogP contribution in [0.2, 0.25) is 0 Å². The number of unbranched alkanes of at least 4 members (excludes halogenated alkanes) is 16. The molecule has 0 atom stereocenters. The number of benzene rings is 4. The highest BCUT2D eigenvalue weighted by molar-refractivity contribution is 5.43. The molecule has 4 aromatic rings. The number of hydrogen-bond donors (Lipinski definition) is 2. The molecular weight excluding hydrogens is 641 g/mol. The molecule has 0 bridgehead atoms. The Morgan fingerprint density at radius 3 is 0.887 bits per heavy atom. The molecule has 0 amide bonds. The van der Waals surface area contributed by atoms with E-state index in [0.29, 0.717) is 0 Å². The predicted molar refractivity (Wildman–Crippen MR) is 234 cm³/mol. The normalized spacial score (nSPS) is 11.4. The average Bonchev–Trinajstić information content (AvgIpc) is 3.16. The van der Waals surface area contributed by atoms with E-state index in [0.717, 1.165) is 24.2 Å². The van der Waals surface area contributed by atoms with Crippen LogP contribution >= 0.6 is 0 Å². The van der Waals surface area contributed by atoms with Crippen LogP contribution < -0.4 is 11.5 Å². The average molecular weight is 715 g/mol. The first-order valence-corrected chi connectivity index (χ1v) is 21.9. The van der Waals surface area contributed by atoms with Crippen LogP contribution in [0.25, 0.3) is 0 Å². The molecule has 0 unspecified atom stereocenters. The van der Waals surface area contributed by atoms with E-state index in [1.54, 1.807) is 22.3 Å². The molecule has 2 nitrogen and oxygen atoms in total. The third kappa shape index (κ3) is 17.0. The van der Waals surface area contributed by atoms with Crippen LogP contribution in [0.1, 0.15) is 180 Å². The Kier molecular flexibility index (Phi) is 20.3. The zero-order valence-corrected chi connectivity index (χ0v) is 33.9. The lowest BCUT2D eigenvalue weighted by atomic mass is 9.93. The van der Waals surface area contributed by atoms with Crippen molar-refractivity contribution >= 4 is 11.4 Å². The van der Waals surface area contributed by atoms with E-state index in [1.807, 2.05) is 24.3 Å². The minimum atomic E-state index is 0.840. The maximum absolute atomic E-state index is 5.87. The fourth-order valence-electron chi connectivity index (χ4n) is 8.10. The van der Waals surface area contributed by atoms with Crippen molar-refractivity contribution < 1.29 is 0 Å². The summed E-state index contributed by atoms with van der Waals surface area (Å²) in [6.07, 6.45) is 33.2. The molecule has 53 heavy (non-hydrogen) atoms. The number of nitrogen functional groups attached to an aromatic ring is 2. The first-order valence-electron chi connectivity index (χ1n) is 21.9. The quantitative estimate of drug-likeness (QED) is 0.0454. The van der Waals surface area contributed by atoms with Crippen LogP contribution in [0.4, 0.5) is 11.4 Å². The minimum Gasteiger partial charge on any atom is -0.399 e. The third-order valence-electron chi connectivity index (χ3n) is 11.2. The summed E-state index contributed by atoms with van der Waals surface area (Å²) >= 11 is 0. The van der Waals surface area contributed by atoms with E-state index < -0.39 is 0 Å². The fraction of sp³-hybridized carbons (Fsp3) is 0.529. The topological polar surface area (TPSA) is 52.0 Å². The number of nitrogens with two attached hydrogens (primary N) is 2. The van der Waals surface area contributed by atoms with Gasteiger partial charge in [0.25, 0.3) is 0 Å². The van der Waals surface area contributed by atoms with Gasteiger partial charge in [-0.3, -0.25) is 0 Å². The highest BCUT2D eigenvalue weighted by Gasteiger charge is 2.07. The Balaban J connectivity index is 0.938. The molecule has 288 valence electrons. The molecule has 4 rings (SSSR count). The molecule has 0 saturated heterocycles. The SMILES string of the molecule is CCCc1cc(Cc2ccc(N)cc2)ccc1CCCCCCCCCCCCCCCCCCCc1ccc(Cc2ccc(N)cc2)cc1CCC. The van der Waals surface area contributed by atoms with Gasteiger partial charge in [-0.05, 0) is 120 Å². The van der Waals surface area contributed by atoms with E-state index >= 15 is 0 Å². The molecule has 4 N–H and O–H groups in total. The van der Waals surface area contributed by atoms with Gasteiger partial charge in [0, 0.05) is 11.4 Å². The summed E-state index contributed by atoms with van der Waals surface area (Å²) in [4.78, 5) is 0. The standard InChI is InChI=1S/C51H74N2/c1-3-22-48-40-44(38-42-28-34-50(52)35-29-42)26-32-46(48)24-20-18-16-14-12-10-8-6-5-7-9-11-13-15-17-19-21-25-47-33-27-45(41-49(47)23-4-2)39-43-30-36-51(53)37-31-43/h26-37,40-41H,3-25,38-39,52-53H2,1-2H3. The second kappa shape index (κ2) is 25.5. The third-order valence-corrected chi connectivity index (χ3v) is 11.2. The fourth-order valence-corrected chi connectivity index (χ4v) is 8.10. The van der Waals surface area contributed by atoms with Crippen LogP contribution in [0.3, 0.4) is 0 Å². The molecule has 0 heterocycles. The maximum Gasteiger partial charge on any atom is 0.0314 e. The van der Waals surface area contributed by atoms with E-state index in [2.05, 4.69) is 74.5 Å². The van der Waals surface area contributed by atoms with Gasteiger partial charge in [0.1, 0.15) is 0 Å².